The summed E-state index contributed by atoms with van der Waals surface area (Å²) in [5.41, 5.74) is 3.78. The van der Waals surface area contributed by atoms with Gasteiger partial charge in [-0.05, 0) is 23.3 Å². The molecule has 0 spiro atoms. The highest BCUT2D eigenvalue weighted by atomic mass is 15.2. The summed E-state index contributed by atoms with van der Waals surface area (Å²) >= 11 is 0. The third kappa shape index (κ3) is 2.46. The average Bonchev–Trinajstić information content (AvgIpc) is 2.41. The molecule has 2 heteroatoms. The van der Waals surface area contributed by atoms with Crippen LogP contribution < -0.4 is 4.90 Å². The van der Waals surface area contributed by atoms with Gasteiger partial charge in [-0.15, -0.1) is 0 Å². The molecule has 0 amide bonds. The Kier molecular flexibility index (Phi) is 3.20. The Bertz CT molecular complexity index is 575. The van der Waals surface area contributed by atoms with Crippen LogP contribution in [0.1, 0.15) is 17.0 Å². The minimum Gasteiger partial charge on any atom is -0.370 e. The Hall–Kier alpha value is -2.27. The van der Waals surface area contributed by atoms with E-state index in [4.69, 9.17) is 5.26 Å². The van der Waals surface area contributed by atoms with Crippen molar-refractivity contribution in [2.24, 2.45) is 0 Å². The summed E-state index contributed by atoms with van der Waals surface area (Å²) in [6, 6.07) is 21.2. The molecule has 0 atom stereocenters. The zero-order valence-corrected chi connectivity index (χ0v) is 10.8. The van der Waals surface area contributed by atoms with Crippen LogP contribution in [0, 0.1) is 11.3 Å². The maximum atomic E-state index is 8.66. The number of hydrogen-bond donors (Lipinski definition) is 0. The SMILES string of the molecule is N#CCc1ccc(N2CC(c3ccccc3)C2)cc1. The lowest BCUT2D eigenvalue weighted by molar-refractivity contribution is 0.525. The van der Waals surface area contributed by atoms with E-state index in [1.165, 1.54) is 11.3 Å². The summed E-state index contributed by atoms with van der Waals surface area (Å²) in [6.07, 6.45) is 0.493. The molecule has 2 aromatic carbocycles. The van der Waals surface area contributed by atoms with Gasteiger partial charge in [0.1, 0.15) is 0 Å². The molecule has 94 valence electrons. The molecule has 1 fully saturated rings. The Balaban J connectivity index is 1.63. The van der Waals surface area contributed by atoms with Crippen LogP contribution in [0.15, 0.2) is 54.6 Å². The average molecular weight is 248 g/mol. The molecule has 3 rings (SSSR count). The topological polar surface area (TPSA) is 27.0 Å². The fourth-order valence-electron chi connectivity index (χ4n) is 2.54. The van der Waals surface area contributed by atoms with Crippen LogP contribution in [0.4, 0.5) is 5.69 Å². The predicted octanol–water partition coefficient (Wildman–Crippen LogP) is 3.36. The Labute approximate surface area is 113 Å². The van der Waals surface area contributed by atoms with Crippen molar-refractivity contribution in [2.75, 3.05) is 18.0 Å². The first-order valence-electron chi connectivity index (χ1n) is 6.62. The highest BCUT2D eigenvalue weighted by Gasteiger charge is 2.27. The summed E-state index contributed by atoms with van der Waals surface area (Å²) in [6.45, 7) is 2.17. The van der Waals surface area contributed by atoms with Gasteiger partial charge in [-0.2, -0.15) is 5.26 Å². The fraction of sp³-hybridized carbons (Fsp3) is 0.235. The molecular weight excluding hydrogens is 232 g/mol. The first-order chi connectivity index (χ1) is 9.36. The molecule has 0 unspecified atom stereocenters. The number of nitrogens with zero attached hydrogens (tertiary/aromatic N) is 2. The summed E-state index contributed by atoms with van der Waals surface area (Å²) in [5.74, 6) is 0.653. The van der Waals surface area contributed by atoms with E-state index in [0.717, 1.165) is 18.7 Å². The third-order valence-electron chi connectivity index (χ3n) is 3.74. The number of nitriles is 1. The lowest BCUT2D eigenvalue weighted by Crippen LogP contribution is -2.44. The van der Waals surface area contributed by atoms with E-state index in [9.17, 15) is 0 Å². The monoisotopic (exact) mass is 248 g/mol. The maximum Gasteiger partial charge on any atom is 0.0669 e. The minimum absolute atomic E-state index is 0.493. The summed E-state index contributed by atoms with van der Waals surface area (Å²) in [4.78, 5) is 2.38. The number of hydrogen-bond acceptors (Lipinski definition) is 2. The number of anilines is 1. The van der Waals surface area contributed by atoms with E-state index >= 15 is 0 Å². The smallest absolute Gasteiger partial charge is 0.0669 e. The predicted molar refractivity (Wildman–Crippen MR) is 77.2 cm³/mol. The summed E-state index contributed by atoms with van der Waals surface area (Å²) in [7, 11) is 0. The first kappa shape index (κ1) is 11.8. The van der Waals surface area contributed by atoms with Crippen molar-refractivity contribution in [3.8, 4) is 6.07 Å². The molecule has 0 radical (unpaired) electrons. The minimum atomic E-state index is 0.493. The maximum absolute atomic E-state index is 8.66. The summed E-state index contributed by atoms with van der Waals surface area (Å²) in [5, 5.41) is 8.66. The quantitative estimate of drug-likeness (QED) is 0.832. The molecule has 1 aliphatic heterocycles. The molecule has 0 saturated carbocycles. The van der Waals surface area contributed by atoms with E-state index < -0.39 is 0 Å². The molecule has 2 nitrogen and oxygen atoms in total. The zero-order chi connectivity index (χ0) is 13.1. The van der Waals surface area contributed by atoms with Crippen LogP contribution in [-0.4, -0.2) is 13.1 Å². The summed E-state index contributed by atoms with van der Waals surface area (Å²) < 4.78 is 0. The van der Waals surface area contributed by atoms with Crippen molar-refractivity contribution in [3.63, 3.8) is 0 Å². The van der Waals surface area contributed by atoms with E-state index in [1.807, 2.05) is 12.1 Å². The van der Waals surface area contributed by atoms with Crippen LogP contribution in [0.2, 0.25) is 0 Å². The standard InChI is InChI=1S/C17H16N2/c18-11-10-14-6-8-17(9-7-14)19-12-16(13-19)15-4-2-1-3-5-15/h1-9,16H,10,12-13H2. The van der Waals surface area contributed by atoms with E-state index in [-0.39, 0.29) is 0 Å². The Morgan fingerprint density at radius 1 is 1.00 bits per heavy atom. The molecule has 1 heterocycles. The highest BCUT2D eigenvalue weighted by molar-refractivity contribution is 5.52. The van der Waals surface area contributed by atoms with Crippen molar-refractivity contribution in [3.05, 3.63) is 65.7 Å². The Morgan fingerprint density at radius 3 is 2.32 bits per heavy atom. The van der Waals surface area contributed by atoms with Crippen molar-refractivity contribution in [2.45, 2.75) is 12.3 Å². The molecule has 0 aliphatic carbocycles. The van der Waals surface area contributed by atoms with Crippen LogP contribution in [0.3, 0.4) is 0 Å². The van der Waals surface area contributed by atoms with Gasteiger partial charge in [0.2, 0.25) is 0 Å². The lowest BCUT2D eigenvalue weighted by Gasteiger charge is -2.41. The van der Waals surface area contributed by atoms with Gasteiger partial charge >= 0.3 is 0 Å². The van der Waals surface area contributed by atoms with E-state index in [1.54, 1.807) is 0 Å². The molecule has 1 saturated heterocycles. The van der Waals surface area contributed by atoms with Gasteiger partial charge in [-0.1, -0.05) is 42.5 Å². The fourth-order valence-corrected chi connectivity index (χ4v) is 2.54. The van der Waals surface area contributed by atoms with E-state index in [2.05, 4.69) is 53.4 Å². The lowest BCUT2D eigenvalue weighted by atomic mass is 9.91. The van der Waals surface area contributed by atoms with Crippen LogP contribution in [0.25, 0.3) is 0 Å². The molecule has 0 N–H and O–H groups in total. The Morgan fingerprint density at radius 2 is 1.68 bits per heavy atom. The highest BCUT2D eigenvalue weighted by Crippen LogP contribution is 2.31. The molecular formula is C17H16N2. The number of benzene rings is 2. The van der Waals surface area contributed by atoms with Gasteiger partial charge in [0.15, 0.2) is 0 Å². The zero-order valence-electron chi connectivity index (χ0n) is 10.8. The largest absolute Gasteiger partial charge is 0.370 e. The van der Waals surface area contributed by atoms with Gasteiger partial charge in [-0.3, -0.25) is 0 Å². The van der Waals surface area contributed by atoms with Crippen molar-refractivity contribution < 1.29 is 0 Å². The molecule has 1 aliphatic rings. The molecule has 0 aromatic heterocycles. The van der Waals surface area contributed by atoms with Crippen molar-refractivity contribution in [1.29, 1.82) is 5.26 Å². The van der Waals surface area contributed by atoms with Gasteiger partial charge < -0.3 is 4.90 Å². The van der Waals surface area contributed by atoms with Crippen LogP contribution in [0.5, 0.6) is 0 Å². The second-order valence-corrected chi connectivity index (χ2v) is 5.01. The second kappa shape index (κ2) is 5.16. The second-order valence-electron chi connectivity index (χ2n) is 5.01. The van der Waals surface area contributed by atoms with Crippen LogP contribution >= 0.6 is 0 Å². The van der Waals surface area contributed by atoms with Crippen molar-refractivity contribution in [1.82, 2.24) is 0 Å². The first-order valence-corrected chi connectivity index (χ1v) is 6.62. The van der Waals surface area contributed by atoms with Gasteiger partial charge in [0.05, 0.1) is 12.5 Å². The van der Waals surface area contributed by atoms with Gasteiger partial charge in [0.25, 0.3) is 0 Å². The van der Waals surface area contributed by atoms with Gasteiger partial charge in [-0.25, -0.2) is 0 Å². The van der Waals surface area contributed by atoms with Gasteiger partial charge in [0, 0.05) is 24.7 Å². The number of rotatable bonds is 3. The van der Waals surface area contributed by atoms with E-state index in [0.29, 0.717) is 12.3 Å². The molecule has 19 heavy (non-hydrogen) atoms. The molecule has 2 aromatic rings. The van der Waals surface area contributed by atoms with Crippen molar-refractivity contribution >= 4 is 5.69 Å². The molecule has 0 bridgehead atoms. The van der Waals surface area contributed by atoms with Crippen LogP contribution in [-0.2, 0) is 6.42 Å². The third-order valence-corrected chi connectivity index (χ3v) is 3.74. The normalized spacial score (nSPS) is 14.8.